The summed E-state index contributed by atoms with van der Waals surface area (Å²) >= 11 is 0. The van der Waals surface area contributed by atoms with Gasteiger partial charge in [-0.15, -0.1) is 0 Å². The molecule has 0 saturated heterocycles. The van der Waals surface area contributed by atoms with Crippen LogP contribution in [-0.2, 0) is 0 Å². The van der Waals surface area contributed by atoms with E-state index in [4.69, 9.17) is 0 Å². The number of hydrogen-bond donors (Lipinski definition) is 0. The van der Waals surface area contributed by atoms with Crippen LogP contribution in [0.4, 0.5) is 0 Å². The predicted molar refractivity (Wildman–Crippen MR) is 106 cm³/mol. The molecule has 0 nitrogen and oxygen atoms in total. The fourth-order valence-electron chi connectivity index (χ4n) is 3.03. The molecule has 0 N–H and O–H groups in total. The molecular weight excluding hydrogens is 271 g/mol. The summed E-state index contributed by atoms with van der Waals surface area (Å²) in [6.07, 6.45) is 23.7. The van der Waals surface area contributed by atoms with Crippen molar-refractivity contribution in [3.63, 3.8) is 0 Å². The van der Waals surface area contributed by atoms with Gasteiger partial charge in [0.2, 0.25) is 0 Å². The standard InChI is InChI=1S/C20H45P/c1-5-6-7-8-9-10-11-12-13-14-15-16-17-18-19-20-21(2,3)4/h21H,5-20H2,1-4H3. The van der Waals surface area contributed by atoms with Gasteiger partial charge in [0, 0.05) is 0 Å². The average molecular weight is 317 g/mol. The van der Waals surface area contributed by atoms with E-state index >= 15 is 0 Å². The second kappa shape index (κ2) is 15.3. The molecule has 0 amide bonds. The Morgan fingerprint density at radius 3 is 1.00 bits per heavy atom. The summed E-state index contributed by atoms with van der Waals surface area (Å²) < 4.78 is 0. The molecule has 0 aromatic rings. The summed E-state index contributed by atoms with van der Waals surface area (Å²) in [5.74, 6) is 0. The molecule has 1 heteroatoms. The fourth-order valence-corrected chi connectivity index (χ4v) is 4.34. The van der Waals surface area contributed by atoms with Gasteiger partial charge < -0.3 is 0 Å². The van der Waals surface area contributed by atoms with Crippen LogP contribution in [0.25, 0.3) is 0 Å². The van der Waals surface area contributed by atoms with Gasteiger partial charge >= 0.3 is 104 Å². The van der Waals surface area contributed by atoms with Gasteiger partial charge in [0.1, 0.15) is 0 Å². The Bertz CT molecular complexity index is 193. The third kappa shape index (κ3) is 20.4. The molecule has 0 unspecified atom stereocenters. The Labute approximate surface area is 137 Å². The van der Waals surface area contributed by atoms with Crippen LogP contribution in [0.5, 0.6) is 0 Å². The summed E-state index contributed by atoms with van der Waals surface area (Å²) in [7, 11) is -0.762. The summed E-state index contributed by atoms with van der Waals surface area (Å²) in [5, 5.41) is 0. The molecule has 0 aliphatic rings. The van der Waals surface area contributed by atoms with Crippen molar-refractivity contribution in [3.05, 3.63) is 0 Å². The topological polar surface area (TPSA) is 0 Å². The number of rotatable bonds is 16. The van der Waals surface area contributed by atoms with E-state index in [1.54, 1.807) is 0 Å². The zero-order valence-corrected chi connectivity index (χ0v) is 16.8. The first-order valence-electron chi connectivity index (χ1n) is 10.1. The van der Waals surface area contributed by atoms with Gasteiger partial charge in [-0.2, -0.15) is 0 Å². The second-order valence-electron chi connectivity index (χ2n) is 8.26. The number of unbranched alkanes of at least 4 members (excludes halogenated alkanes) is 14. The molecule has 0 aliphatic heterocycles. The maximum absolute atomic E-state index is 2.50. The van der Waals surface area contributed by atoms with E-state index in [1.807, 2.05) is 0 Å². The van der Waals surface area contributed by atoms with E-state index in [0.29, 0.717) is 0 Å². The van der Waals surface area contributed by atoms with Gasteiger partial charge in [-0.25, -0.2) is 0 Å². The van der Waals surface area contributed by atoms with E-state index in [2.05, 4.69) is 26.9 Å². The summed E-state index contributed by atoms with van der Waals surface area (Å²) in [5.41, 5.74) is 0. The van der Waals surface area contributed by atoms with Gasteiger partial charge in [0.05, 0.1) is 0 Å². The van der Waals surface area contributed by atoms with Gasteiger partial charge in [0.15, 0.2) is 0 Å². The first kappa shape index (κ1) is 21.4. The fraction of sp³-hybridized carbons (Fsp3) is 1.00. The van der Waals surface area contributed by atoms with Crippen molar-refractivity contribution in [3.8, 4) is 0 Å². The van der Waals surface area contributed by atoms with E-state index < -0.39 is 7.26 Å². The van der Waals surface area contributed by atoms with Crippen LogP contribution in [0.3, 0.4) is 0 Å². The molecule has 0 rings (SSSR count). The molecule has 130 valence electrons. The van der Waals surface area contributed by atoms with Crippen molar-refractivity contribution in [1.29, 1.82) is 0 Å². The third-order valence-corrected chi connectivity index (χ3v) is 6.38. The zero-order valence-electron chi connectivity index (χ0n) is 15.8. The zero-order chi connectivity index (χ0) is 15.8. The van der Waals surface area contributed by atoms with E-state index in [1.165, 1.54) is 102 Å². The van der Waals surface area contributed by atoms with Crippen LogP contribution in [-0.4, -0.2) is 26.2 Å². The molecule has 0 radical (unpaired) electrons. The average Bonchev–Trinajstić information content (AvgIpc) is 2.42. The minimum absolute atomic E-state index is 0.762. The third-order valence-electron chi connectivity index (χ3n) is 4.53. The van der Waals surface area contributed by atoms with Crippen molar-refractivity contribution in [2.75, 3.05) is 26.2 Å². The van der Waals surface area contributed by atoms with Crippen LogP contribution < -0.4 is 0 Å². The molecule has 0 aromatic heterocycles. The first-order chi connectivity index (χ1) is 10.1. The van der Waals surface area contributed by atoms with Crippen molar-refractivity contribution >= 4 is 7.26 Å². The summed E-state index contributed by atoms with van der Waals surface area (Å²) in [4.78, 5) is 0. The Hall–Kier alpha value is 0.430. The molecule has 0 spiro atoms. The van der Waals surface area contributed by atoms with Crippen molar-refractivity contribution in [2.24, 2.45) is 0 Å². The Kier molecular flexibility index (Phi) is 15.6. The quantitative estimate of drug-likeness (QED) is 0.204. The normalized spacial score (nSPS) is 12.8. The molecule has 21 heavy (non-hydrogen) atoms. The van der Waals surface area contributed by atoms with Crippen LogP contribution in [0.15, 0.2) is 0 Å². The molecule has 0 heterocycles. The van der Waals surface area contributed by atoms with E-state index in [-0.39, 0.29) is 0 Å². The van der Waals surface area contributed by atoms with Gasteiger partial charge in [0.25, 0.3) is 0 Å². The first-order valence-corrected chi connectivity index (χ1v) is 13.8. The Morgan fingerprint density at radius 2 is 0.714 bits per heavy atom. The van der Waals surface area contributed by atoms with Crippen LogP contribution >= 0.6 is 7.26 Å². The molecule has 0 bridgehead atoms. The van der Waals surface area contributed by atoms with Crippen LogP contribution in [0.2, 0.25) is 0 Å². The van der Waals surface area contributed by atoms with Gasteiger partial charge in [-0.05, 0) is 0 Å². The monoisotopic (exact) mass is 316 g/mol. The Balaban J connectivity index is 3.00. The van der Waals surface area contributed by atoms with Crippen LogP contribution in [0.1, 0.15) is 103 Å². The van der Waals surface area contributed by atoms with Crippen LogP contribution in [0, 0.1) is 0 Å². The van der Waals surface area contributed by atoms with Crippen molar-refractivity contribution < 1.29 is 0 Å². The minimum atomic E-state index is -0.762. The predicted octanol–water partition coefficient (Wildman–Crippen LogP) is 7.50. The molecular formula is C20H45P. The summed E-state index contributed by atoms with van der Waals surface area (Å²) in [6, 6.07) is 0. The van der Waals surface area contributed by atoms with Gasteiger partial charge in [-0.3, -0.25) is 0 Å². The van der Waals surface area contributed by atoms with Gasteiger partial charge in [-0.1, -0.05) is 32.6 Å². The molecule has 0 aromatic carbocycles. The van der Waals surface area contributed by atoms with E-state index in [9.17, 15) is 0 Å². The number of hydrogen-bond acceptors (Lipinski definition) is 0. The second-order valence-corrected chi connectivity index (χ2v) is 13.9. The maximum atomic E-state index is 2.50. The molecule has 0 aliphatic carbocycles. The molecule has 0 fully saturated rings. The molecule has 0 atom stereocenters. The van der Waals surface area contributed by atoms with E-state index in [0.717, 1.165) is 0 Å². The molecule has 0 saturated carbocycles. The SMILES string of the molecule is CCCCCCCCCCCCCCCCC[PH](C)(C)C. The summed E-state index contributed by atoms with van der Waals surface area (Å²) in [6.45, 7) is 9.79. The Morgan fingerprint density at radius 1 is 0.429 bits per heavy atom. The van der Waals surface area contributed by atoms with Crippen molar-refractivity contribution in [2.45, 2.75) is 103 Å². The van der Waals surface area contributed by atoms with Crippen molar-refractivity contribution in [1.82, 2.24) is 0 Å².